The van der Waals surface area contributed by atoms with Crippen molar-refractivity contribution < 1.29 is 4.79 Å². The summed E-state index contributed by atoms with van der Waals surface area (Å²) in [5.74, 6) is -0.241. The first-order valence-corrected chi connectivity index (χ1v) is 8.37. The van der Waals surface area contributed by atoms with Crippen LogP contribution in [0, 0.1) is 0 Å². The lowest BCUT2D eigenvalue weighted by Crippen LogP contribution is -2.23. The highest BCUT2D eigenvalue weighted by Gasteiger charge is 2.08. The van der Waals surface area contributed by atoms with Crippen LogP contribution in [0.1, 0.15) is 16.1 Å². The van der Waals surface area contributed by atoms with Crippen molar-refractivity contribution in [2.75, 3.05) is 5.32 Å². The molecule has 0 spiro atoms. The van der Waals surface area contributed by atoms with Crippen molar-refractivity contribution in [3.63, 3.8) is 0 Å². The highest BCUT2D eigenvalue weighted by Crippen LogP contribution is 2.19. The third-order valence-corrected chi connectivity index (χ3v) is 4.00. The molecule has 126 valence electrons. The lowest BCUT2D eigenvalue weighted by atomic mass is 10.2. The van der Waals surface area contributed by atoms with Gasteiger partial charge < -0.3 is 10.6 Å². The van der Waals surface area contributed by atoms with Gasteiger partial charge in [-0.25, -0.2) is 0 Å². The number of aromatic nitrogens is 1. The zero-order valence-corrected chi connectivity index (χ0v) is 14.7. The average molecular weight is 372 g/mol. The van der Waals surface area contributed by atoms with Crippen molar-refractivity contribution >= 4 is 40.5 Å². The van der Waals surface area contributed by atoms with Crippen molar-refractivity contribution in [2.45, 2.75) is 6.54 Å². The number of benzene rings is 2. The molecule has 0 aliphatic rings. The smallest absolute Gasteiger partial charge is 0.270 e. The maximum absolute atomic E-state index is 12.3. The minimum Gasteiger partial charge on any atom is -0.355 e. The van der Waals surface area contributed by atoms with Gasteiger partial charge in [-0.1, -0.05) is 35.3 Å². The summed E-state index contributed by atoms with van der Waals surface area (Å²) in [6, 6.07) is 18.1. The number of rotatable bonds is 5. The maximum Gasteiger partial charge on any atom is 0.270 e. The standard InChI is InChI=1S/C19H15Cl2N3O/c20-14-3-1-13(2-4-14)12-23-19(25)18-11-17(9-10-22-18)24-16-7-5-15(21)6-8-16/h1-11H,12H2,(H,22,24)(H,23,25). The number of nitrogens with one attached hydrogen (secondary N) is 2. The first kappa shape index (κ1) is 17.3. The van der Waals surface area contributed by atoms with Crippen LogP contribution in [-0.2, 0) is 6.54 Å². The number of nitrogens with zero attached hydrogens (tertiary/aromatic N) is 1. The summed E-state index contributed by atoms with van der Waals surface area (Å²) in [4.78, 5) is 16.4. The van der Waals surface area contributed by atoms with Crippen molar-refractivity contribution in [2.24, 2.45) is 0 Å². The van der Waals surface area contributed by atoms with Gasteiger partial charge in [0, 0.05) is 34.2 Å². The van der Waals surface area contributed by atoms with E-state index in [-0.39, 0.29) is 5.91 Å². The molecule has 2 aromatic carbocycles. The van der Waals surface area contributed by atoms with Crippen LogP contribution >= 0.6 is 23.2 Å². The van der Waals surface area contributed by atoms with E-state index in [1.165, 1.54) is 0 Å². The zero-order chi connectivity index (χ0) is 17.6. The summed E-state index contributed by atoms with van der Waals surface area (Å²) in [6.45, 7) is 0.409. The molecular weight excluding hydrogens is 357 g/mol. The minimum absolute atomic E-state index is 0.241. The number of hydrogen-bond donors (Lipinski definition) is 2. The minimum atomic E-state index is -0.241. The highest BCUT2D eigenvalue weighted by atomic mass is 35.5. The second-order valence-electron chi connectivity index (χ2n) is 5.37. The van der Waals surface area contributed by atoms with Crippen LogP contribution in [0.3, 0.4) is 0 Å². The molecule has 0 bridgehead atoms. The number of pyridine rings is 1. The van der Waals surface area contributed by atoms with Gasteiger partial charge in [0.1, 0.15) is 5.69 Å². The molecular formula is C19H15Cl2N3O. The second-order valence-corrected chi connectivity index (χ2v) is 6.24. The molecule has 3 rings (SSSR count). The van der Waals surface area contributed by atoms with Crippen LogP contribution in [0.4, 0.5) is 11.4 Å². The van der Waals surface area contributed by atoms with E-state index >= 15 is 0 Å². The molecule has 0 atom stereocenters. The monoisotopic (exact) mass is 371 g/mol. The number of hydrogen-bond acceptors (Lipinski definition) is 3. The van der Waals surface area contributed by atoms with Crippen LogP contribution in [0.5, 0.6) is 0 Å². The predicted molar refractivity (Wildman–Crippen MR) is 102 cm³/mol. The second kappa shape index (κ2) is 8.01. The molecule has 0 radical (unpaired) electrons. The van der Waals surface area contributed by atoms with Gasteiger partial charge in [0.2, 0.25) is 0 Å². The summed E-state index contributed by atoms with van der Waals surface area (Å²) in [6.07, 6.45) is 1.59. The summed E-state index contributed by atoms with van der Waals surface area (Å²) < 4.78 is 0. The van der Waals surface area contributed by atoms with Gasteiger partial charge in [0.25, 0.3) is 5.91 Å². The Morgan fingerprint density at radius 1 is 0.880 bits per heavy atom. The summed E-state index contributed by atoms with van der Waals surface area (Å²) in [5, 5.41) is 7.39. The Kier molecular flexibility index (Phi) is 5.53. The van der Waals surface area contributed by atoms with E-state index in [1.54, 1.807) is 42.6 Å². The molecule has 0 aliphatic carbocycles. The Morgan fingerprint density at radius 2 is 1.52 bits per heavy atom. The number of anilines is 2. The molecule has 0 saturated carbocycles. The van der Waals surface area contributed by atoms with E-state index in [0.717, 1.165) is 16.9 Å². The molecule has 1 heterocycles. The van der Waals surface area contributed by atoms with E-state index < -0.39 is 0 Å². The molecule has 25 heavy (non-hydrogen) atoms. The van der Waals surface area contributed by atoms with Crippen molar-refractivity contribution in [1.82, 2.24) is 10.3 Å². The lowest BCUT2D eigenvalue weighted by molar-refractivity contribution is 0.0946. The van der Waals surface area contributed by atoms with Gasteiger partial charge in [-0.15, -0.1) is 0 Å². The first-order valence-electron chi connectivity index (χ1n) is 7.61. The van der Waals surface area contributed by atoms with Gasteiger partial charge >= 0.3 is 0 Å². The fraction of sp³-hybridized carbons (Fsp3) is 0.0526. The van der Waals surface area contributed by atoms with E-state index in [9.17, 15) is 4.79 Å². The normalized spacial score (nSPS) is 10.3. The van der Waals surface area contributed by atoms with Gasteiger partial charge in [0.05, 0.1) is 0 Å². The molecule has 6 heteroatoms. The van der Waals surface area contributed by atoms with Gasteiger partial charge in [-0.05, 0) is 54.1 Å². The summed E-state index contributed by atoms with van der Waals surface area (Å²) in [7, 11) is 0. The van der Waals surface area contributed by atoms with E-state index in [0.29, 0.717) is 22.3 Å². The van der Waals surface area contributed by atoms with Crippen LogP contribution in [0.25, 0.3) is 0 Å². The SMILES string of the molecule is O=C(NCc1ccc(Cl)cc1)c1cc(Nc2ccc(Cl)cc2)ccn1. The maximum atomic E-state index is 12.3. The van der Waals surface area contributed by atoms with Gasteiger partial charge in [-0.2, -0.15) is 0 Å². The van der Waals surface area contributed by atoms with Crippen molar-refractivity contribution in [1.29, 1.82) is 0 Å². The van der Waals surface area contributed by atoms with Crippen molar-refractivity contribution in [3.05, 3.63) is 88.2 Å². The molecule has 3 aromatic rings. The fourth-order valence-corrected chi connectivity index (χ4v) is 2.46. The lowest BCUT2D eigenvalue weighted by Gasteiger charge is -2.09. The summed E-state index contributed by atoms with van der Waals surface area (Å²) >= 11 is 11.7. The average Bonchev–Trinajstić information content (AvgIpc) is 2.63. The molecule has 0 fully saturated rings. The molecule has 0 unspecified atom stereocenters. The Labute approximate surface area is 155 Å². The number of amides is 1. The van der Waals surface area contributed by atoms with E-state index in [2.05, 4.69) is 15.6 Å². The van der Waals surface area contributed by atoms with Crippen molar-refractivity contribution in [3.8, 4) is 0 Å². The quantitative estimate of drug-likeness (QED) is 0.658. The summed E-state index contributed by atoms with van der Waals surface area (Å²) in [5.41, 5.74) is 2.96. The number of carbonyl (C=O) groups excluding carboxylic acids is 1. The van der Waals surface area contributed by atoms with E-state index in [4.69, 9.17) is 23.2 Å². The van der Waals surface area contributed by atoms with Gasteiger partial charge in [0.15, 0.2) is 0 Å². The van der Waals surface area contributed by atoms with Crippen LogP contribution in [-0.4, -0.2) is 10.9 Å². The Morgan fingerprint density at radius 3 is 2.20 bits per heavy atom. The van der Waals surface area contributed by atoms with Gasteiger partial charge in [-0.3, -0.25) is 9.78 Å². The third-order valence-electron chi connectivity index (χ3n) is 3.49. The molecule has 2 N–H and O–H groups in total. The van der Waals surface area contributed by atoms with Crippen LogP contribution < -0.4 is 10.6 Å². The van der Waals surface area contributed by atoms with Crippen LogP contribution in [0.2, 0.25) is 10.0 Å². The molecule has 1 aromatic heterocycles. The Bertz CT molecular complexity index is 865. The highest BCUT2D eigenvalue weighted by molar-refractivity contribution is 6.30. The molecule has 0 aliphatic heterocycles. The predicted octanol–water partition coefficient (Wildman–Crippen LogP) is 5.06. The third kappa shape index (κ3) is 4.95. The molecule has 0 saturated heterocycles. The zero-order valence-electron chi connectivity index (χ0n) is 13.2. The number of carbonyl (C=O) groups is 1. The largest absolute Gasteiger partial charge is 0.355 e. The van der Waals surface area contributed by atoms with Crippen LogP contribution in [0.15, 0.2) is 66.9 Å². The first-order chi connectivity index (χ1) is 12.1. The fourth-order valence-electron chi connectivity index (χ4n) is 2.21. The Hall–Kier alpha value is -2.56. The molecule has 1 amide bonds. The Balaban J connectivity index is 1.64. The number of halogens is 2. The molecule has 4 nitrogen and oxygen atoms in total. The van der Waals surface area contributed by atoms with E-state index in [1.807, 2.05) is 24.3 Å². The topological polar surface area (TPSA) is 54.0 Å².